The molecule has 7 nitrogen and oxygen atoms in total. The molecular weight excluding hydrogens is 418 g/mol. The molecule has 0 atom stereocenters. The van der Waals surface area contributed by atoms with Crippen LogP contribution in [0, 0.1) is 5.92 Å². The summed E-state index contributed by atoms with van der Waals surface area (Å²) < 4.78 is 5.28. The summed E-state index contributed by atoms with van der Waals surface area (Å²) in [6, 6.07) is 12.1. The Labute approximate surface area is 186 Å². The van der Waals surface area contributed by atoms with E-state index < -0.39 is 0 Å². The van der Waals surface area contributed by atoms with Crippen LogP contribution in [0.4, 0.5) is 0 Å². The minimum Gasteiger partial charge on any atom is -0.496 e. The molecule has 0 radical (unpaired) electrons. The van der Waals surface area contributed by atoms with Crippen molar-refractivity contribution < 1.29 is 19.1 Å². The van der Waals surface area contributed by atoms with Crippen LogP contribution >= 0.6 is 11.6 Å². The number of ether oxygens (including phenoxy) is 1. The van der Waals surface area contributed by atoms with E-state index in [9.17, 15) is 14.4 Å². The summed E-state index contributed by atoms with van der Waals surface area (Å²) in [5.41, 5.74) is 1.83. The third-order valence-electron chi connectivity index (χ3n) is 5.43. The summed E-state index contributed by atoms with van der Waals surface area (Å²) in [6.07, 6.45) is 1.16. The fraction of sp³-hybridized carbons (Fsp3) is 0.348. The van der Waals surface area contributed by atoms with Gasteiger partial charge in [0.25, 0.3) is 11.8 Å². The van der Waals surface area contributed by atoms with Gasteiger partial charge in [-0.3, -0.25) is 14.4 Å². The monoisotopic (exact) mass is 443 g/mol. The maximum atomic E-state index is 12.9. The number of rotatable bonds is 6. The van der Waals surface area contributed by atoms with E-state index in [1.165, 1.54) is 7.11 Å². The van der Waals surface area contributed by atoms with Gasteiger partial charge in [-0.15, -0.1) is 0 Å². The molecule has 1 saturated heterocycles. The van der Waals surface area contributed by atoms with Gasteiger partial charge in [-0.2, -0.15) is 0 Å². The zero-order chi connectivity index (χ0) is 22.4. The first kappa shape index (κ1) is 22.6. The van der Waals surface area contributed by atoms with E-state index >= 15 is 0 Å². The van der Waals surface area contributed by atoms with Gasteiger partial charge in [-0.1, -0.05) is 23.7 Å². The molecule has 1 aliphatic rings. The van der Waals surface area contributed by atoms with E-state index in [0.717, 1.165) is 5.56 Å². The molecule has 0 spiro atoms. The SMILES string of the molecule is CNC(=O)c1cccc(CNC(=O)C2CCN(C(=O)c3cc(Cl)ccc3OC)CC2)c1. The molecule has 3 amide bonds. The zero-order valence-corrected chi connectivity index (χ0v) is 18.4. The quantitative estimate of drug-likeness (QED) is 0.718. The van der Waals surface area contributed by atoms with Crippen molar-refractivity contribution in [3.05, 3.63) is 64.2 Å². The molecule has 2 aromatic carbocycles. The Hall–Kier alpha value is -3.06. The minimum atomic E-state index is -0.165. The molecule has 0 saturated carbocycles. The standard InChI is InChI=1S/C23H26ClN3O4/c1-25-21(28)17-5-3-4-15(12-17)14-26-22(29)16-8-10-27(11-9-16)23(30)19-13-18(24)6-7-20(19)31-2/h3-7,12-13,16H,8-11,14H2,1-2H3,(H,25,28)(H,26,29). The molecule has 0 aliphatic carbocycles. The van der Waals surface area contributed by atoms with Crippen molar-refractivity contribution in [1.82, 2.24) is 15.5 Å². The summed E-state index contributed by atoms with van der Waals surface area (Å²) in [5, 5.41) is 6.00. The molecular formula is C23H26ClN3O4. The predicted molar refractivity (Wildman–Crippen MR) is 118 cm³/mol. The van der Waals surface area contributed by atoms with Crippen LogP contribution < -0.4 is 15.4 Å². The first-order valence-electron chi connectivity index (χ1n) is 10.1. The summed E-state index contributed by atoms with van der Waals surface area (Å²) in [6.45, 7) is 1.32. The Balaban J connectivity index is 1.54. The number of amides is 3. The lowest BCUT2D eigenvalue weighted by molar-refractivity contribution is -0.126. The van der Waals surface area contributed by atoms with Crippen LogP contribution in [0.5, 0.6) is 5.75 Å². The topological polar surface area (TPSA) is 87.7 Å². The Morgan fingerprint density at radius 1 is 1.13 bits per heavy atom. The second kappa shape index (κ2) is 10.3. The van der Waals surface area contributed by atoms with Gasteiger partial charge in [0.2, 0.25) is 5.91 Å². The van der Waals surface area contributed by atoms with Gasteiger partial charge in [-0.05, 0) is 48.7 Å². The van der Waals surface area contributed by atoms with Crippen molar-refractivity contribution in [2.24, 2.45) is 5.92 Å². The minimum absolute atomic E-state index is 0.0437. The van der Waals surface area contributed by atoms with Gasteiger partial charge in [0.15, 0.2) is 0 Å². The van der Waals surface area contributed by atoms with Crippen molar-refractivity contribution >= 4 is 29.3 Å². The smallest absolute Gasteiger partial charge is 0.257 e. The average Bonchev–Trinajstić information content (AvgIpc) is 2.81. The van der Waals surface area contributed by atoms with Crippen LogP contribution in [0.2, 0.25) is 5.02 Å². The van der Waals surface area contributed by atoms with Gasteiger partial charge >= 0.3 is 0 Å². The molecule has 164 valence electrons. The molecule has 0 unspecified atom stereocenters. The van der Waals surface area contributed by atoms with Crippen molar-refractivity contribution in [3.8, 4) is 5.75 Å². The van der Waals surface area contributed by atoms with E-state index in [1.54, 1.807) is 48.3 Å². The third kappa shape index (κ3) is 5.55. The number of methoxy groups -OCH3 is 1. The van der Waals surface area contributed by atoms with Crippen molar-refractivity contribution in [3.63, 3.8) is 0 Å². The normalized spacial score (nSPS) is 14.1. The lowest BCUT2D eigenvalue weighted by Gasteiger charge is -2.31. The van der Waals surface area contributed by atoms with Gasteiger partial charge in [-0.25, -0.2) is 0 Å². The number of likely N-dealkylation sites (tertiary alicyclic amines) is 1. The fourth-order valence-corrected chi connectivity index (χ4v) is 3.83. The number of piperidine rings is 1. The molecule has 0 bridgehead atoms. The van der Waals surface area contributed by atoms with Crippen molar-refractivity contribution in [2.45, 2.75) is 19.4 Å². The van der Waals surface area contributed by atoms with Gasteiger partial charge < -0.3 is 20.3 Å². The van der Waals surface area contributed by atoms with Crippen LogP contribution in [-0.2, 0) is 11.3 Å². The Kier molecular flexibility index (Phi) is 7.52. The van der Waals surface area contributed by atoms with Crippen LogP contribution in [0.3, 0.4) is 0 Å². The predicted octanol–water partition coefficient (Wildman–Crippen LogP) is 2.88. The number of nitrogens with zero attached hydrogens (tertiary/aromatic N) is 1. The number of nitrogens with one attached hydrogen (secondary N) is 2. The number of hydrogen-bond acceptors (Lipinski definition) is 4. The summed E-state index contributed by atoms with van der Waals surface area (Å²) in [7, 11) is 3.09. The lowest BCUT2D eigenvalue weighted by Crippen LogP contribution is -2.43. The fourth-order valence-electron chi connectivity index (χ4n) is 3.66. The second-order valence-corrected chi connectivity index (χ2v) is 7.84. The zero-order valence-electron chi connectivity index (χ0n) is 17.6. The Morgan fingerprint density at radius 3 is 2.55 bits per heavy atom. The maximum absolute atomic E-state index is 12.9. The molecule has 2 aromatic rings. The van der Waals surface area contributed by atoms with E-state index in [2.05, 4.69) is 10.6 Å². The van der Waals surface area contributed by atoms with E-state index in [4.69, 9.17) is 16.3 Å². The Morgan fingerprint density at radius 2 is 1.87 bits per heavy atom. The molecule has 1 aliphatic heterocycles. The van der Waals surface area contributed by atoms with E-state index in [-0.39, 0.29) is 23.6 Å². The molecule has 3 rings (SSSR count). The third-order valence-corrected chi connectivity index (χ3v) is 5.66. The largest absolute Gasteiger partial charge is 0.496 e. The summed E-state index contributed by atoms with van der Waals surface area (Å²) in [5.74, 6) is -0.0377. The summed E-state index contributed by atoms with van der Waals surface area (Å²) in [4.78, 5) is 39.0. The maximum Gasteiger partial charge on any atom is 0.257 e. The van der Waals surface area contributed by atoms with Crippen LogP contribution in [-0.4, -0.2) is 49.9 Å². The first-order chi connectivity index (χ1) is 14.9. The number of carbonyl (C=O) groups is 3. The van der Waals surface area contributed by atoms with Gasteiger partial charge in [0.05, 0.1) is 12.7 Å². The van der Waals surface area contributed by atoms with Crippen molar-refractivity contribution in [2.75, 3.05) is 27.2 Å². The number of hydrogen-bond donors (Lipinski definition) is 2. The lowest BCUT2D eigenvalue weighted by atomic mass is 9.95. The van der Waals surface area contributed by atoms with Crippen LogP contribution in [0.15, 0.2) is 42.5 Å². The number of halogens is 1. The average molecular weight is 444 g/mol. The van der Waals surface area contributed by atoms with Gasteiger partial charge in [0, 0.05) is 43.2 Å². The highest BCUT2D eigenvalue weighted by Crippen LogP contribution is 2.26. The van der Waals surface area contributed by atoms with Gasteiger partial charge in [0.1, 0.15) is 5.75 Å². The van der Waals surface area contributed by atoms with E-state index in [0.29, 0.717) is 54.4 Å². The summed E-state index contributed by atoms with van der Waals surface area (Å²) >= 11 is 6.04. The van der Waals surface area contributed by atoms with Crippen molar-refractivity contribution in [1.29, 1.82) is 0 Å². The second-order valence-electron chi connectivity index (χ2n) is 7.41. The molecule has 31 heavy (non-hydrogen) atoms. The number of benzene rings is 2. The molecule has 1 fully saturated rings. The highest BCUT2D eigenvalue weighted by Gasteiger charge is 2.29. The Bertz CT molecular complexity index is 971. The molecule has 1 heterocycles. The molecule has 2 N–H and O–H groups in total. The molecule has 0 aromatic heterocycles. The number of carbonyl (C=O) groups excluding carboxylic acids is 3. The van der Waals surface area contributed by atoms with E-state index in [1.807, 2.05) is 6.07 Å². The molecule has 8 heteroatoms. The van der Waals surface area contributed by atoms with Crippen LogP contribution in [0.25, 0.3) is 0 Å². The first-order valence-corrected chi connectivity index (χ1v) is 10.5. The van der Waals surface area contributed by atoms with Crippen LogP contribution in [0.1, 0.15) is 39.1 Å². The highest BCUT2D eigenvalue weighted by atomic mass is 35.5. The highest BCUT2D eigenvalue weighted by molar-refractivity contribution is 6.31.